The minimum Gasteiger partial charge on any atom is -0.386 e. The summed E-state index contributed by atoms with van der Waals surface area (Å²) in [6, 6.07) is 6.01. The van der Waals surface area contributed by atoms with Crippen LogP contribution in [0.3, 0.4) is 0 Å². The lowest BCUT2D eigenvalue weighted by atomic mass is 9.96. The largest absolute Gasteiger partial charge is 0.386 e. The molecule has 2 unspecified atom stereocenters. The molecule has 18 heavy (non-hydrogen) atoms. The Labute approximate surface area is 113 Å². The summed E-state index contributed by atoms with van der Waals surface area (Å²) in [7, 11) is 0. The van der Waals surface area contributed by atoms with Crippen molar-refractivity contribution in [2.45, 2.75) is 38.5 Å². The van der Waals surface area contributed by atoms with Gasteiger partial charge in [0.1, 0.15) is 5.60 Å². The van der Waals surface area contributed by atoms with Gasteiger partial charge in [-0.2, -0.15) is 0 Å². The third-order valence-corrected chi connectivity index (χ3v) is 3.97. The Morgan fingerprint density at radius 2 is 2.33 bits per heavy atom. The maximum Gasteiger partial charge on any atom is 0.105 e. The molecule has 0 saturated carbocycles. The lowest BCUT2D eigenvalue weighted by Crippen LogP contribution is -2.45. The molecule has 0 aromatic heterocycles. The van der Waals surface area contributed by atoms with Crippen LogP contribution in [0.4, 0.5) is 0 Å². The highest BCUT2D eigenvalue weighted by Crippen LogP contribution is 2.25. The first-order chi connectivity index (χ1) is 8.51. The van der Waals surface area contributed by atoms with Crippen LogP contribution in [0.25, 0.3) is 0 Å². The van der Waals surface area contributed by atoms with Crippen LogP contribution in [-0.2, 0) is 11.3 Å². The molecule has 1 aliphatic heterocycles. The molecule has 2 atom stereocenters. The highest BCUT2D eigenvalue weighted by molar-refractivity contribution is 6.31. The monoisotopic (exact) mass is 269 g/mol. The van der Waals surface area contributed by atoms with Crippen LogP contribution in [-0.4, -0.2) is 30.0 Å². The summed E-state index contributed by atoms with van der Waals surface area (Å²) in [5.74, 6) is 0. The van der Waals surface area contributed by atoms with Crippen LogP contribution in [0.15, 0.2) is 18.2 Å². The van der Waals surface area contributed by atoms with E-state index in [-0.39, 0.29) is 6.10 Å². The smallest absolute Gasteiger partial charge is 0.105 e. The highest BCUT2D eigenvalue weighted by Gasteiger charge is 2.38. The fourth-order valence-corrected chi connectivity index (χ4v) is 2.51. The fraction of sp³-hybridized carbons (Fsp3) is 0.571. The molecule has 0 amide bonds. The predicted molar refractivity (Wildman–Crippen MR) is 72.9 cm³/mol. The first-order valence-electron chi connectivity index (χ1n) is 6.31. The van der Waals surface area contributed by atoms with Gasteiger partial charge in [-0.05, 0) is 31.0 Å². The number of hydrogen-bond donors (Lipinski definition) is 2. The first-order valence-corrected chi connectivity index (χ1v) is 6.69. The Morgan fingerprint density at radius 3 is 2.94 bits per heavy atom. The van der Waals surface area contributed by atoms with Crippen LogP contribution in [0.2, 0.25) is 5.02 Å². The van der Waals surface area contributed by atoms with Gasteiger partial charge >= 0.3 is 0 Å². The maximum atomic E-state index is 10.3. The molecule has 4 heteroatoms. The Morgan fingerprint density at radius 1 is 1.56 bits per heavy atom. The Bertz CT molecular complexity index is 424. The van der Waals surface area contributed by atoms with Gasteiger partial charge in [-0.1, -0.05) is 23.7 Å². The van der Waals surface area contributed by atoms with Gasteiger partial charge in [0.25, 0.3) is 0 Å². The standard InChI is InChI=1S/C14H20ClNO2/c1-10-3-4-12(13(15)7-10)8-16-9-14(17)5-6-18-11(14)2/h3-4,7,11,16-17H,5-6,8-9H2,1-2H3. The van der Waals surface area contributed by atoms with Gasteiger partial charge in [0.2, 0.25) is 0 Å². The summed E-state index contributed by atoms with van der Waals surface area (Å²) < 4.78 is 5.39. The first kappa shape index (κ1) is 13.8. The van der Waals surface area contributed by atoms with Gasteiger partial charge in [0.05, 0.1) is 6.10 Å². The van der Waals surface area contributed by atoms with Gasteiger partial charge in [-0.15, -0.1) is 0 Å². The Hall–Kier alpha value is -0.610. The van der Waals surface area contributed by atoms with E-state index < -0.39 is 5.60 Å². The second-order valence-corrected chi connectivity index (χ2v) is 5.47. The van der Waals surface area contributed by atoms with E-state index in [2.05, 4.69) is 5.32 Å². The number of aliphatic hydroxyl groups is 1. The number of aryl methyl sites for hydroxylation is 1. The summed E-state index contributed by atoms with van der Waals surface area (Å²) in [5.41, 5.74) is 1.45. The topological polar surface area (TPSA) is 41.5 Å². The number of benzene rings is 1. The van der Waals surface area contributed by atoms with E-state index in [1.807, 2.05) is 32.0 Å². The highest BCUT2D eigenvalue weighted by atomic mass is 35.5. The second-order valence-electron chi connectivity index (χ2n) is 5.07. The molecule has 1 heterocycles. The van der Waals surface area contributed by atoms with Crippen molar-refractivity contribution in [2.24, 2.45) is 0 Å². The third-order valence-electron chi connectivity index (χ3n) is 3.61. The second kappa shape index (κ2) is 5.57. The molecule has 2 N–H and O–H groups in total. The summed E-state index contributed by atoms with van der Waals surface area (Å²) in [6.07, 6.45) is 0.571. The van der Waals surface area contributed by atoms with Crippen molar-refractivity contribution in [3.8, 4) is 0 Å². The molecule has 0 radical (unpaired) electrons. The Kier molecular flexibility index (Phi) is 4.28. The molecule has 3 nitrogen and oxygen atoms in total. The van der Waals surface area contributed by atoms with Gasteiger partial charge in [-0.3, -0.25) is 0 Å². The van der Waals surface area contributed by atoms with Crippen LogP contribution in [0.1, 0.15) is 24.5 Å². The van der Waals surface area contributed by atoms with Crippen molar-refractivity contribution < 1.29 is 9.84 Å². The third kappa shape index (κ3) is 3.04. The fourth-order valence-electron chi connectivity index (χ4n) is 2.21. The van der Waals surface area contributed by atoms with Gasteiger partial charge in [-0.25, -0.2) is 0 Å². The number of nitrogens with one attached hydrogen (secondary N) is 1. The van der Waals surface area contributed by atoms with Gasteiger partial charge < -0.3 is 15.2 Å². The quantitative estimate of drug-likeness (QED) is 0.881. The lowest BCUT2D eigenvalue weighted by molar-refractivity contribution is -0.0262. The zero-order valence-corrected chi connectivity index (χ0v) is 11.6. The minimum absolute atomic E-state index is 0.113. The van der Waals surface area contributed by atoms with Crippen LogP contribution in [0, 0.1) is 6.92 Å². The molecule has 1 aliphatic rings. The van der Waals surface area contributed by atoms with Crippen LogP contribution in [0.5, 0.6) is 0 Å². The molecule has 2 rings (SSSR count). The molecule has 1 aromatic carbocycles. The van der Waals surface area contributed by atoms with E-state index in [1.165, 1.54) is 0 Å². The molecular weight excluding hydrogens is 250 g/mol. The van der Waals surface area contributed by atoms with E-state index in [0.29, 0.717) is 26.1 Å². The normalized spacial score (nSPS) is 27.7. The van der Waals surface area contributed by atoms with Crippen molar-refractivity contribution in [1.82, 2.24) is 5.32 Å². The zero-order valence-electron chi connectivity index (χ0n) is 10.9. The predicted octanol–water partition coefficient (Wildman–Crippen LogP) is 2.28. The van der Waals surface area contributed by atoms with E-state index in [9.17, 15) is 5.11 Å². The molecule has 0 bridgehead atoms. The molecule has 0 spiro atoms. The minimum atomic E-state index is -0.753. The van der Waals surface area contributed by atoms with E-state index in [1.54, 1.807) is 0 Å². The van der Waals surface area contributed by atoms with Gasteiger partial charge in [0, 0.05) is 31.1 Å². The van der Waals surface area contributed by atoms with Crippen LogP contribution >= 0.6 is 11.6 Å². The summed E-state index contributed by atoms with van der Waals surface area (Å²) in [4.78, 5) is 0. The maximum absolute atomic E-state index is 10.3. The van der Waals surface area contributed by atoms with Crippen LogP contribution < -0.4 is 5.32 Å². The average Bonchev–Trinajstić information content (AvgIpc) is 2.63. The molecule has 0 aliphatic carbocycles. The average molecular weight is 270 g/mol. The van der Waals surface area contributed by atoms with E-state index in [0.717, 1.165) is 16.1 Å². The SMILES string of the molecule is Cc1ccc(CNCC2(O)CCOC2C)c(Cl)c1. The summed E-state index contributed by atoms with van der Waals surface area (Å²) >= 11 is 6.16. The number of rotatable bonds is 4. The molecule has 100 valence electrons. The van der Waals surface area contributed by atoms with Crippen molar-refractivity contribution in [3.63, 3.8) is 0 Å². The molecule has 1 saturated heterocycles. The summed E-state index contributed by atoms with van der Waals surface area (Å²) in [5, 5.41) is 14.4. The number of halogens is 1. The van der Waals surface area contributed by atoms with Gasteiger partial charge in [0.15, 0.2) is 0 Å². The van der Waals surface area contributed by atoms with E-state index >= 15 is 0 Å². The lowest BCUT2D eigenvalue weighted by Gasteiger charge is -2.26. The van der Waals surface area contributed by atoms with E-state index in [4.69, 9.17) is 16.3 Å². The Balaban J connectivity index is 1.88. The summed E-state index contributed by atoms with van der Waals surface area (Å²) in [6.45, 7) is 5.74. The molecule has 1 fully saturated rings. The van der Waals surface area contributed by atoms with Crippen molar-refractivity contribution in [3.05, 3.63) is 34.3 Å². The van der Waals surface area contributed by atoms with Crippen molar-refractivity contribution >= 4 is 11.6 Å². The zero-order chi connectivity index (χ0) is 13.2. The van der Waals surface area contributed by atoms with Crippen molar-refractivity contribution in [2.75, 3.05) is 13.2 Å². The molecular formula is C14H20ClNO2. The molecule has 1 aromatic rings. The number of hydrogen-bond acceptors (Lipinski definition) is 3. The number of ether oxygens (including phenoxy) is 1. The van der Waals surface area contributed by atoms with Crippen molar-refractivity contribution in [1.29, 1.82) is 0 Å².